The van der Waals surface area contributed by atoms with Crippen molar-refractivity contribution in [2.75, 3.05) is 20.3 Å². The minimum Gasteiger partial charge on any atom is -0.452 e. The molecule has 8 atom stereocenters. The number of ketones is 1. The maximum absolute atomic E-state index is 12.9. The summed E-state index contributed by atoms with van der Waals surface area (Å²) in [6.45, 7) is 10.2. The van der Waals surface area contributed by atoms with E-state index in [4.69, 9.17) is 9.47 Å². The third-order valence-corrected chi connectivity index (χ3v) is 8.92. The summed E-state index contributed by atoms with van der Waals surface area (Å²) in [6, 6.07) is 0. The monoisotopic (exact) mass is 637 g/mol. The van der Waals surface area contributed by atoms with Gasteiger partial charge in [-0.15, -0.1) is 0 Å². The Morgan fingerprint density at radius 3 is 2.27 bits per heavy atom. The van der Waals surface area contributed by atoms with E-state index in [1.807, 2.05) is 32.9 Å². The Bertz CT molecular complexity index is 919. The van der Waals surface area contributed by atoms with Crippen molar-refractivity contribution < 1.29 is 39.2 Å². The number of Topliss-reactive ketones (excluding diaryl/α,β-unsaturated/α-hetero) is 1. The van der Waals surface area contributed by atoms with E-state index in [1.54, 1.807) is 7.11 Å². The van der Waals surface area contributed by atoms with Gasteiger partial charge in [0.15, 0.2) is 6.10 Å². The van der Waals surface area contributed by atoms with Gasteiger partial charge in [-0.2, -0.15) is 0 Å². The summed E-state index contributed by atoms with van der Waals surface area (Å²) in [5, 5.41) is 34.5. The Morgan fingerprint density at radius 2 is 1.60 bits per heavy atom. The molecule has 0 aromatic rings. The molecule has 0 radical (unpaired) electrons. The number of esters is 1. The second-order valence-corrected chi connectivity index (χ2v) is 13.3. The minimum absolute atomic E-state index is 0.0875. The fraction of sp³-hybridized carbons (Fsp3) is 0.806. The van der Waals surface area contributed by atoms with Crippen molar-refractivity contribution >= 4 is 17.7 Å². The lowest BCUT2D eigenvalue weighted by molar-refractivity contribution is -0.160. The molecule has 4 N–H and O–H groups in total. The van der Waals surface area contributed by atoms with Gasteiger partial charge in [0.1, 0.15) is 5.78 Å². The van der Waals surface area contributed by atoms with Crippen LogP contribution in [0.5, 0.6) is 0 Å². The molecule has 0 spiro atoms. The maximum atomic E-state index is 12.9. The summed E-state index contributed by atoms with van der Waals surface area (Å²) in [5.41, 5.74) is 0.978. The average molecular weight is 638 g/mol. The zero-order valence-corrected chi connectivity index (χ0v) is 28.8. The van der Waals surface area contributed by atoms with Gasteiger partial charge in [0.25, 0.3) is 5.91 Å². The highest BCUT2D eigenvalue weighted by atomic mass is 16.5. The molecular formula is C36H63NO8. The molecule has 0 aromatic carbocycles. The lowest BCUT2D eigenvalue weighted by atomic mass is 9.91. The van der Waals surface area contributed by atoms with E-state index in [1.165, 1.54) is 0 Å². The van der Waals surface area contributed by atoms with Crippen LogP contribution in [0.25, 0.3) is 0 Å². The number of aliphatic hydroxyl groups is 3. The van der Waals surface area contributed by atoms with Crippen LogP contribution < -0.4 is 5.32 Å². The molecule has 0 bridgehead atoms. The zero-order valence-electron chi connectivity index (χ0n) is 28.8. The van der Waals surface area contributed by atoms with Crippen LogP contribution in [0.3, 0.4) is 0 Å². The summed E-state index contributed by atoms with van der Waals surface area (Å²) >= 11 is 0. The fourth-order valence-electron chi connectivity index (χ4n) is 5.90. The smallest absolute Gasteiger partial charge is 0.309 e. The molecule has 0 aromatic heterocycles. The predicted octanol–water partition coefficient (Wildman–Crippen LogP) is 5.44. The molecule has 1 rings (SSSR count). The number of ether oxygens (including phenoxy) is 2. The Labute approximate surface area is 272 Å². The van der Waals surface area contributed by atoms with Crippen LogP contribution in [0.2, 0.25) is 0 Å². The Kier molecular flexibility index (Phi) is 21.2. The number of methoxy groups -OCH3 is 1. The number of rotatable bonds is 5. The van der Waals surface area contributed by atoms with Gasteiger partial charge in [-0.3, -0.25) is 14.4 Å². The Hall–Kier alpha value is -2.07. The number of aliphatic hydroxyl groups excluding tert-OH is 3. The molecule has 1 heterocycles. The van der Waals surface area contributed by atoms with E-state index >= 15 is 0 Å². The van der Waals surface area contributed by atoms with Crippen LogP contribution in [0, 0.1) is 23.7 Å². The highest BCUT2D eigenvalue weighted by Crippen LogP contribution is 2.23. The number of carbonyl (C=O) groups is 3. The van der Waals surface area contributed by atoms with Crippen LogP contribution in [0.1, 0.15) is 118 Å². The highest BCUT2D eigenvalue weighted by Gasteiger charge is 2.28. The maximum Gasteiger partial charge on any atom is 0.309 e. The van der Waals surface area contributed by atoms with Crippen molar-refractivity contribution in [3.05, 3.63) is 23.8 Å². The van der Waals surface area contributed by atoms with Gasteiger partial charge in [-0.1, -0.05) is 72.1 Å². The number of cyclic esters (lactones) is 1. The second-order valence-electron chi connectivity index (χ2n) is 13.3. The van der Waals surface area contributed by atoms with E-state index < -0.39 is 36.3 Å². The molecule has 0 saturated heterocycles. The third-order valence-electron chi connectivity index (χ3n) is 8.92. The molecule has 260 valence electrons. The summed E-state index contributed by atoms with van der Waals surface area (Å²) in [7, 11) is 1.62. The first-order chi connectivity index (χ1) is 21.4. The molecule has 1 amide bonds. The van der Waals surface area contributed by atoms with Crippen molar-refractivity contribution in [1.82, 2.24) is 5.32 Å². The quantitative estimate of drug-likeness (QED) is 0.292. The third kappa shape index (κ3) is 17.4. The van der Waals surface area contributed by atoms with E-state index in [-0.39, 0.29) is 37.1 Å². The summed E-state index contributed by atoms with van der Waals surface area (Å²) in [4.78, 5) is 38.2. The fourth-order valence-corrected chi connectivity index (χ4v) is 5.90. The highest BCUT2D eigenvalue weighted by molar-refractivity contribution is 5.84. The van der Waals surface area contributed by atoms with Gasteiger partial charge >= 0.3 is 5.97 Å². The van der Waals surface area contributed by atoms with Gasteiger partial charge < -0.3 is 30.1 Å². The minimum atomic E-state index is -1.19. The standard InChI is InChI=1S/C36H63NO8/c1-7-13-34-35(42)37-23-31(39)22-33(41)32(40)21-26(4)29(24-44-6)17-11-15-28(8-2)16-12-19-30(38)18-10-9-14-25(3)20-27(5)36(43)45-34/h11,15,17,25-28,31-34,39-41H,7-10,12-14,16,18-24H2,1-6H3,(H,37,42)/b15-11+,29-17+. The summed E-state index contributed by atoms with van der Waals surface area (Å²) in [5.74, 6) is -0.422. The number of hydrogen-bond acceptors (Lipinski definition) is 8. The Balaban J connectivity index is 3.03. The normalized spacial score (nSPS) is 34.0. The second kappa shape index (κ2) is 23.3. The predicted molar refractivity (Wildman–Crippen MR) is 177 cm³/mol. The number of β-amino-alcohol motifs (C(OH)–C–C–N with tert-alkyl or cyclic N) is 1. The van der Waals surface area contributed by atoms with E-state index in [0.29, 0.717) is 50.4 Å². The number of amides is 1. The topological polar surface area (TPSA) is 142 Å². The molecule has 8 unspecified atom stereocenters. The molecule has 45 heavy (non-hydrogen) atoms. The number of nitrogens with one attached hydrogen (secondary N) is 1. The van der Waals surface area contributed by atoms with Gasteiger partial charge in [-0.25, -0.2) is 0 Å². The van der Waals surface area contributed by atoms with E-state index in [0.717, 1.165) is 44.1 Å². The molecular weight excluding hydrogens is 574 g/mol. The van der Waals surface area contributed by atoms with Crippen LogP contribution in [0.4, 0.5) is 0 Å². The number of allylic oxidation sites excluding steroid dienone is 3. The first kappa shape index (κ1) is 41.0. The van der Waals surface area contributed by atoms with Crippen LogP contribution in [-0.4, -0.2) is 77.7 Å². The first-order valence-corrected chi connectivity index (χ1v) is 17.3. The SMILES string of the molecule is CCCC1OC(=O)C(C)CC(C)CCCCC(=O)CCCC(CC)/C=C/C=C(\COC)C(C)CC(O)C(O)CC(O)CNC1=O. The molecule has 1 aliphatic heterocycles. The van der Waals surface area contributed by atoms with Crippen LogP contribution in [-0.2, 0) is 23.9 Å². The van der Waals surface area contributed by atoms with Crippen molar-refractivity contribution in [3.8, 4) is 0 Å². The first-order valence-electron chi connectivity index (χ1n) is 17.3. The van der Waals surface area contributed by atoms with Gasteiger partial charge in [0.2, 0.25) is 0 Å². The van der Waals surface area contributed by atoms with Crippen LogP contribution in [0.15, 0.2) is 23.8 Å². The molecule has 9 heteroatoms. The van der Waals surface area contributed by atoms with E-state index in [9.17, 15) is 29.7 Å². The summed E-state index contributed by atoms with van der Waals surface area (Å²) < 4.78 is 11.0. The lowest BCUT2D eigenvalue weighted by Crippen LogP contribution is -2.43. The molecule has 1 aliphatic rings. The molecule has 0 saturated carbocycles. The van der Waals surface area contributed by atoms with Crippen molar-refractivity contribution in [3.63, 3.8) is 0 Å². The average Bonchev–Trinajstić information content (AvgIpc) is 2.99. The molecule has 9 nitrogen and oxygen atoms in total. The zero-order chi connectivity index (χ0) is 33.8. The Morgan fingerprint density at radius 1 is 0.911 bits per heavy atom. The molecule has 0 fully saturated rings. The van der Waals surface area contributed by atoms with Crippen LogP contribution >= 0.6 is 0 Å². The van der Waals surface area contributed by atoms with Gasteiger partial charge in [0.05, 0.1) is 30.8 Å². The van der Waals surface area contributed by atoms with Gasteiger partial charge in [-0.05, 0) is 68.3 Å². The molecule has 0 aliphatic carbocycles. The summed E-state index contributed by atoms with van der Waals surface area (Å²) in [6.07, 6.45) is 10.3. The van der Waals surface area contributed by atoms with Gasteiger partial charge in [0, 0.05) is 32.9 Å². The largest absolute Gasteiger partial charge is 0.452 e. The van der Waals surface area contributed by atoms with E-state index in [2.05, 4.69) is 25.2 Å². The number of hydrogen-bond donors (Lipinski definition) is 4. The van der Waals surface area contributed by atoms with Crippen molar-refractivity contribution in [1.29, 1.82) is 0 Å². The lowest BCUT2D eigenvalue weighted by Gasteiger charge is -2.25. The van der Waals surface area contributed by atoms with Crippen molar-refractivity contribution in [2.45, 2.75) is 143 Å². The number of carbonyl (C=O) groups excluding carboxylic acids is 3. The van der Waals surface area contributed by atoms with Crippen molar-refractivity contribution in [2.24, 2.45) is 23.7 Å².